The van der Waals surface area contributed by atoms with Crippen molar-refractivity contribution in [3.05, 3.63) is 51.4 Å². The van der Waals surface area contributed by atoms with Crippen LogP contribution in [0.5, 0.6) is 0 Å². The van der Waals surface area contributed by atoms with Gasteiger partial charge < -0.3 is 5.32 Å². The molecule has 4 rings (SSSR count). The molecule has 0 amide bonds. The van der Waals surface area contributed by atoms with Gasteiger partial charge in [-0.15, -0.1) is 0 Å². The van der Waals surface area contributed by atoms with Gasteiger partial charge in [0, 0.05) is 17.7 Å². The standard InChI is InChI=1S/C17H16Cl2N4O/c1-17(2)6-12-14(13(24)7-17)15(23-16(22-12)20-8-21-23)9-3-4-10(18)11(19)5-9/h3-5,8,15H,6-7H2,1-2H3,(H,20,21,22)/t15-/m0/s1. The van der Waals surface area contributed by atoms with Gasteiger partial charge >= 0.3 is 0 Å². The summed E-state index contributed by atoms with van der Waals surface area (Å²) in [5, 5.41) is 8.53. The Kier molecular flexibility index (Phi) is 3.48. The zero-order valence-corrected chi connectivity index (χ0v) is 14.8. The van der Waals surface area contributed by atoms with Crippen LogP contribution in [0.4, 0.5) is 5.95 Å². The molecule has 5 nitrogen and oxygen atoms in total. The molecule has 0 spiro atoms. The van der Waals surface area contributed by atoms with Crippen molar-refractivity contribution in [2.75, 3.05) is 5.32 Å². The van der Waals surface area contributed by atoms with E-state index in [0.29, 0.717) is 22.4 Å². The lowest BCUT2D eigenvalue weighted by Gasteiger charge is -2.38. The second kappa shape index (κ2) is 5.33. The Labute approximate surface area is 149 Å². The van der Waals surface area contributed by atoms with Crippen molar-refractivity contribution in [1.29, 1.82) is 0 Å². The largest absolute Gasteiger partial charge is 0.328 e. The van der Waals surface area contributed by atoms with E-state index in [1.807, 2.05) is 6.07 Å². The molecule has 1 aliphatic carbocycles. The summed E-state index contributed by atoms with van der Waals surface area (Å²) in [6.07, 6.45) is 2.79. The molecule has 7 heteroatoms. The number of anilines is 1. The fourth-order valence-corrected chi connectivity index (χ4v) is 3.85. The Morgan fingerprint density at radius 3 is 2.79 bits per heavy atom. The van der Waals surface area contributed by atoms with Gasteiger partial charge in [-0.2, -0.15) is 10.1 Å². The fraction of sp³-hybridized carbons (Fsp3) is 0.353. The Morgan fingerprint density at radius 1 is 1.25 bits per heavy atom. The number of halogens is 2. The molecule has 0 saturated carbocycles. The first-order chi connectivity index (χ1) is 11.4. The molecule has 2 aromatic rings. The second-order valence-corrected chi connectivity index (χ2v) is 7.88. The average Bonchev–Trinajstić information content (AvgIpc) is 2.94. The van der Waals surface area contributed by atoms with Gasteiger partial charge in [-0.1, -0.05) is 43.1 Å². The van der Waals surface area contributed by atoms with Crippen molar-refractivity contribution in [2.45, 2.75) is 32.7 Å². The van der Waals surface area contributed by atoms with Crippen LogP contribution >= 0.6 is 23.2 Å². The molecule has 24 heavy (non-hydrogen) atoms. The van der Waals surface area contributed by atoms with Crippen LogP contribution in [-0.2, 0) is 4.79 Å². The van der Waals surface area contributed by atoms with Crippen LogP contribution in [0.25, 0.3) is 0 Å². The summed E-state index contributed by atoms with van der Waals surface area (Å²) in [7, 11) is 0. The van der Waals surface area contributed by atoms with E-state index in [4.69, 9.17) is 23.2 Å². The molecule has 0 bridgehead atoms. The van der Waals surface area contributed by atoms with Gasteiger partial charge in [-0.25, -0.2) is 4.68 Å². The maximum Gasteiger partial charge on any atom is 0.226 e. The fourth-order valence-electron chi connectivity index (χ4n) is 3.54. The number of aromatic nitrogens is 3. The number of carbonyl (C=O) groups excluding carboxylic acids is 1. The number of ketones is 1. The third-order valence-corrected chi connectivity index (χ3v) is 5.27. The summed E-state index contributed by atoms with van der Waals surface area (Å²) < 4.78 is 1.73. The number of rotatable bonds is 1. The van der Waals surface area contributed by atoms with Crippen LogP contribution in [0.2, 0.25) is 10.0 Å². The highest BCUT2D eigenvalue weighted by Crippen LogP contribution is 2.45. The van der Waals surface area contributed by atoms with E-state index in [1.165, 1.54) is 6.33 Å². The summed E-state index contributed by atoms with van der Waals surface area (Å²) in [6.45, 7) is 4.20. The van der Waals surface area contributed by atoms with Crippen LogP contribution in [0.1, 0.15) is 38.3 Å². The molecular formula is C17H16Cl2N4O. The Morgan fingerprint density at radius 2 is 2.04 bits per heavy atom. The van der Waals surface area contributed by atoms with Gasteiger partial charge in [0.2, 0.25) is 5.95 Å². The normalized spacial score (nSPS) is 22.0. The predicted octanol–water partition coefficient (Wildman–Crippen LogP) is 4.24. The molecule has 1 atom stereocenters. The van der Waals surface area contributed by atoms with E-state index in [1.54, 1.807) is 16.8 Å². The molecule has 0 unspecified atom stereocenters. The van der Waals surface area contributed by atoms with Crippen LogP contribution in [0.15, 0.2) is 35.8 Å². The zero-order chi connectivity index (χ0) is 17.1. The molecule has 0 fully saturated rings. The SMILES string of the molecule is CC1(C)CC(=O)C2=C(C1)Nc1ncnn1[C@H]2c1ccc(Cl)c(Cl)c1. The molecule has 124 valence electrons. The zero-order valence-electron chi connectivity index (χ0n) is 13.3. The van der Waals surface area contributed by atoms with Gasteiger partial charge in [0.1, 0.15) is 12.4 Å². The molecule has 1 N–H and O–H groups in total. The van der Waals surface area contributed by atoms with Crippen LogP contribution in [0.3, 0.4) is 0 Å². The number of carbonyl (C=O) groups is 1. The number of nitrogens with zero attached hydrogens (tertiary/aromatic N) is 3. The Hall–Kier alpha value is -1.85. The van der Waals surface area contributed by atoms with Gasteiger partial charge in [0.15, 0.2) is 5.78 Å². The van der Waals surface area contributed by atoms with E-state index in [-0.39, 0.29) is 17.2 Å². The monoisotopic (exact) mass is 362 g/mol. The smallest absolute Gasteiger partial charge is 0.226 e. The van der Waals surface area contributed by atoms with Gasteiger partial charge in [-0.3, -0.25) is 4.79 Å². The summed E-state index contributed by atoms with van der Waals surface area (Å²) in [5.74, 6) is 0.765. The molecule has 1 aromatic carbocycles. The molecule has 1 aliphatic heterocycles. The molecule has 1 aromatic heterocycles. The van der Waals surface area contributed by atoms with E-state index < -0.39 is 0 Å². The highest BCUT2D eigenvalue weighted by Gasteiger charge is 2.41. The number of allylic oxidation sites excluding steroid dienone is 2. The minimum absolute atomic E-state index is 0.0761. The van der Waals surface area contributed by atoms with Crippen molar-refractivity contribution in [1.82, 2.24) is 14.8 Å². The quantitative estimate of drug-likeness (QED) is 0.823. The highest BCUT2D eigenvalue weighted by atomic mass is 35.5. The minimum atomic E-state index is -0.336. The van der Waals surface area contributed by atoms with Gasteiger partial charge in [0.05, 0.1) is 10.0 Å². The van der Waals surface area contributed by atoms with Crippen molar-refractivity contribution in [3.8, 4) is 0 Å². The topological polar surface area (TPSA) is 59.8 Å². The number of hydrogen-bond donors (Lipinski definition) is 1. The van der Waals surface area contributed by atoms with E-state index in [2.05, 4.69) is 29.2 Å². The molecule has 2 heterocycles. The number of Topliss-reactive ketones (excluding diaryl/α,β-unsaturated/α-hetero) is 1. The third kappa shape index (κ3) is 2.43. The van der Waals surface area contributed by atoms with Crippen molar-refractivity contribution in [2.24, 2.45) is 5.41 Å². The Balaban J connectivity index is 1.91. The molecular weight excluding hydrogens is 347 g/mol. The molecule has 0 saturated heterocycles. The van der Waals surface area contributed by atoms with Crippen LogP contribution in [0, 0.1) is 5.41 Å². The van der Waals surface area contributed by atoms with E-state index >= 15 is 0 Å². The molecule has 2 aliphatic rings. The number of fused-ring (bicyclic) bond motifs is 1. The van der Waals surface area contributed by atoms with E-state index in [9.17, 15) is 4.79 Å². The Bertz CT molecular complexity index is 884. The molecule has 0 radical (unpaired) electrons. The first kappa shape index (κ1) is 15.7. The summed E-state index contributed by atoms with van der Waals surface area (Å²) in [4.78, 5) is 17.2. The number of benzene rings is 1. The maximum atomic E-state index is 12.9. The third-order valence-electron chi connectivity index (χ3n) is 4.53. The highest BCUT2D eigenvalue weighted by molar-refractivity contribution is 6.42. The first-order valence-corrected chi connectivity index (χ1v) is 8.49. The number of nitrogens with one attached hydrogen (secondary N) is 1. The van der Waals surface area contributed by atoms with Crippen LogP contribution in [-0.4, -0.2) is 20.5 Å². The lowest BCUT2D eigenvalue weighted by Crippen LogP contribution is -2.36. The van der Waals surface area contributed by atoms with Crippen molar-refractivity contribution in [3.63, 3.8) is 0 Å². The van der Waals surface area contributed by atoms with Crippen molar-refractivity contribution < 1.29 is 4.79 Å². The van der Waals surface area contributed by atoms with Gasteiger partial charge in [0.25, 0.3) is 0 Å². The summed E-state index contributed by atoms with van der Waals surface area (Å²) >= 11 is 12.2. The predicted molar refractivity (Wildman–Crippen MR) is 93.3 cm³/mol. The summed E-state index contributed by atoms with van der Waals surface area (Å²) in [5.41, 5.74) is 2.46. The minimum Gasteiger partial charge on any atom is -0.328 e. The van der Waals surface area contributed by atoms with E-state index in [0.717, 1.165) is 23.3 Å². The second-order valence-electron chi connectivity index (χ2n) is 7.06. The van der Waals surface area contributed by atoms with Gasteiger partial charge in [-0.05, 0) is 29.5 Å². The average molecular weight is 363 g/mol. The maximum absolute atomic E-state index is 12.9. The lowest BCUT2D eigenvalue weighted by atomic mass is 9.73. The first-order valence-electron chi connectivity index (χ1n) is 7.73. The van der Waals surface area contributed by atoms with Crippen molar-refractivity contribution >= 4 is 34.9 Å². The number of hydrogen-bond acceptors (Lipinski definition) is 4. The lowest BCUT2D eigenvalue weighted by molar-refractivity contribution is -0.118. The van der Waals surface area contributed by atoms with Crippen LogP contribution < -0.4 is 5.32 Å². The summed E-state index contributed by atoms with van der Waals surface area (Å²) in [6, 6.07) is 5.09.